The molecular formula is C16H22N2O. The van der Waals surface area contributed by atoms with Gasteiger partial charge in [-0.05, 0) is 30.5 Å². The molecule has 0 aliphatic rings. The average molecular weight is 258 g/mol. The lowest BCUT2D eigenvalue weighted by Crippen LogP contribution is -2.30. The molecule has 0 spiro atoms. The van der Waals surface area contributed by atoms with Crippen LogP contribution >= 0.6 is 0 Å². The average Bonchev–Trinajstić information content (AvgIpc) is 2.44. The zero-order chi connectivity index (χ0) is 14.1. The summed E-state index contributed by atoms with van der Waals surface area (Å²) in [7, 11) is 0. The van der Waals surface area contributed by atoms with Gasteiger partial charge in [-0.15, -0.1) is 0 Å². The minimum atomic E-state index is 0.120. The molecule has 0 bridgehead atoms. The summed E-state index contributed by atoms with van der Waals surface area (Å²) < 4.78 is 0. The monoisotopic (exact) mass is 258 g/mol. The van der Waals surface area contributed by atoms with Crippen molar-refractivity contribution >= 4 is 5.91 Å². The first-order valence-corrected chi connectivity index (χ1v) is 6.98. The molecule has 1 amide bonds. The molecule has 0 aliphatic heterocycles. The van der Waals surface area contributed by atoms with Crippen molar-refractivity contribution in [1.29, 1.82) is 5.26 Å². The predicted molar refractivity (Wildman–Crippen MR) is 76.3 cm³/mol. The van der Waals surface area contributed by atoms with E-state index in [0.29, 0.717) is 12.1 Å². The van der Waals surface area contributed by atoms with Gasteiger partial charge in [0.1, 0.15) is 0 Å². The number of nitrogens with zero attached hydrogens (tertiary/aromatic N) is 1. The van der Waals surface area contributed by atoms with Crippen molar-refractivity contribution in [1.82, 2.24) is 5.32 Å². The summed E-state index contributed by atoms with van der Waals surface area (Å²) in [6.07, 6.45) is 3.94. The zero-order valence-electron chi connectivity index (χ0n) is 11.8. The van der Waals surface area contributed by atoms with E-state index in [-0.39, 0.29) is 11.8 Å². The van der Waals surface area contributed by atoms with Gasteiger partial charge in [-0.2, -0.15) is 5.26 Å². The molecule has 0 aliphatic carbocycles. The van der Waals surface area contributed by atoms with Gasteiger partial charge in [-0.3, -0.25) is 4.79 Å². The minimum Gasteiger partial charge on any atom is -0.352 e. The van der Waals surface area contributed by atoms with Gasteiger partial charge in [0, 0.05) is 12.5 Å². The fourth-order valence-electron chi connectivity index (χ4n) is 2.19. The third-order valence-corrected chi connectivity index (χ3v) is 3.17. The molecule has 3 heteroatoms. The van der Waals surface area contributed by atoms with Crippen LogP contribution in [-0.2, 0) is 11.3 Å². The van der Waals surface area contributed by atoms with Gasteiger partial charge < -0.3 is 5.32 Å². The Bertz CT molecular complexity index is 442. The smallest absolute Gasteiger partial charge is 0.223 e. The van der Waals surface area contributed by atoms with Gasteiger partial charge in [0.25, 0.3) is 0 Å². The van der Waals surface area contributed by atoms with Crippen LogP contribution in [-0.4, -0.2) is 5.91 Å². The molecule has 1 rings (SSSR count). The van der Waals surface area contributed by atoms with Crippen LogP contribution in [0.4, 0.5) is 0 Å². The Balaban J connectivity index is 2.54. The number of nitrogens with one attached hydrogen (secondary N) is 1. The number of hydrogen-bond acceptors (Lipinski definition) is 2. The second-order valence-corrected chi connectivity index (χ2v) is 4.80. The van der Waals surface area contributed by atoms with Crippen molar-refractivity contribution in [2.24, 2.45) is 5.92 Å². The SMILES string of the molecule is CCCC(CCC)C(=O)NCc1cccc(C#N)c1. The second kappa shape index (κ2) is 8.31. The van der Waals surface area contributed by atoms with Crippen LogP contribution in [0.25, 0.3) is 0 Å². The molecule has 0 saturated heterocycles. The first-order chi connectivity index (χ1) is 9.21. The Hall–Kier alpha value is -1.82. The van der Waals surface area contributed by atoms with Crippen LogP contribution in [0.15, 0.2) is 24.3 Å². The van der Waals surface area contributed by atoms with E-state index >= 15 is 0 Å². The van der Waals surface area contributed by atoms with Gasteiger partial charge >= 0.3 is 0 Å². The van der Waals surface area contributed by atoms with Crippen molar-refractivity contribution in [2.75, 3.05) is 0 Å². The third-order valence-electron chi connectivity index (χ3n) is 3.17. The number of nitriles is 1. The Kier molecular flexibility index (Phi) is 6.67. The summed E-state index contributed by atoms with van der Waals surface area (Å²) in [6.45, 7) is 4.71. The molecule has 0 atom stereocenters. The normalized spacial score (nSPS) is 10.2. The van der Waals surface area contributed by atoms with E-state index in [1.54, 1.807) is 6.07 Å². The number of hydrogen-bond donors (Lipinski definition) is 1. The molecule has 1 aromatic carbocycles. The fourth-order valence-corrected chi connectivity index (χ4v) is 2.19. The lowest BCUT2D eigenvalue weighted by atomic mass is 9.97. The number of benzene rings is 1. The highest BCUT2D eigenvalue weighted by Gasteiger charge is 2.15. The molecule has 102 valence electrons. The van der Waals surface area contributed by atoms with Crippen LogP contribution in [0.3, 0.4) is 0 Å². The summed E-state index contributed by atoms with van der Waals surface area (Å²) in [5.41, 5.74) is 1.60. The van der Waals surface area contributed by atoms with E-state index in [1.807, 2.05) is 18.2 Å². The van der Waals surface area contributed by atoms with Crippen LogP contribution in [0.2, 0.25) is 0 Å². The topological polar surface area (TPSA) is 52.9 Å². The molecule has 0 fully saturated rings. The quantitative estimate of drug-likeness (QED) is 0.815. The van der Waals surface area contributed by atoms with Crippen molar-refractivity contribution in [2.45, 2.75) is 46.1 Å². The van der Waals surface area contributed by atoms with E-state index in [9.17, 15) is 4.79 Å². The standard InChI is InChI=1S/C16H22N2O/c1-3-6-15(7-4-2)16(19)18-12-14-9-5-8-13(10-14)11-17/h5,8-10,15H,3-4,6-7,12H2,1-2H3,(H,18,19). The Morgan fingerprint density at radius 2 is 2.00 bits per heavy atom. The maximum absolute atomic E-state index is 12.1. The number of carbonyl (C=O) groups excluding carboxylic acids is 1. The summed E-state index contributed by atoms with van der Waals surface area (Å²) >= 11 is 0. The Morgan fingerprint density at radius 3 is 2.58 bits per heavy atom. The molecule has 0 radical (unpaired) electrons. The summed E-state index contributed by atoms with van der Waals surface area (Å²) in [5.74, 6) is 0.250. The van der Waals surface area contributed by atoms with Crippen LogP contribution in [0.1, 0.15) is 50.7 Å². The molecule has 1 N–H and O–H groups in total. The van der Waals surface area contributed by atoms with E-state index < -0.39 is 0 Å². The minimum absolute atomic E-state index is 0.120. The Morgan fingerprint density at radius 1 is 1.32 bits per heavy atom. The van der Waals surface area contributed by atoms with Gasteiger partial charge in [0.15, 0.2) is 0 Å². The lowest BCUT2D eigenvalue weighted by Gasteiger charge is -2.15. The molecular weight excluding hydrogens is 236 g/mol. The van der Waals surface area contributed by atoms with Crippen molar-refractivity contribution in [3.63, 3.8) is 0 Å². The maximum Gasteiger partial charge on any atom is 0.223 e. The summed E-state index contributed by atoms with van der Waals surface area (Å²) in [4.78, 5) is 12.1. The van der Waals surface area contributed by atoms with Crippen LogP contribution in [0, 0.1) is 17.2 Å². The first kappa shape index (κ1) is 15.2. The molecule has 0 unspecified atom stereocenters. The summed E-state index contributed by atoms with van der Waals surface area (Å²) in [5, 5.41) is 11.8. The molecule has 0 heterocycles. The highest BCUT2D eigenvalue weighted by atomic mass is 16.1. The van der Waals surface area contributed by atoms with E-state index in [1.165, 1.54) is 0 Å². The summed E-state index contributed by atoms with van der Waals surface area (Å²) in [6, 6.07) is 9.46. The van der Waals surface area contributed by atoms with E-state index in [4.69, 9.17) is 5.26 Å². The molecule has 1 aromatic rings. The van der Waals surface area contributed by atoms with E-state index in [2.05, 4.69) is 25.2 Å². The van der Waals surface area contributed by atoms with Gasteiger partial charge in [-0.25, -0.2) is 0 Å². The van der Waals surface area contributed by atoms with Gasteiger partial charge in [0.05, 0.1) is 11.6 Å². The zero-order valence-corrected chi connectivity index (χ0v) is 11.8. The molecule has 19 heavy (non-hydrogen) atoms. The highest BCUT2D eigenvalue weighted by Crippen LogP contribution is 2.14. The number of amides is 1. The molecule has 3 nitrogen and oxygen atoms in total. The lowest BCUT2D eigenvalue weighted by molar-refractivity contribution is -0.125. The molecule has 0 aromatic heterocycles. The van der Waals surface area contributed by atoms with Gasteiger partial charge in [-0.1, -0.05) is 38.8 Å². The van der Waals surface area contributed by atoms with Crippen molar-refractivity contribution in [3.8, 4) is 6.07 Å². The van der Waals surface area contributed by atoms with E-state index in [0.717, 1.165) is 31.2 Å². The van der Waals surface area contributed by atoms with Gasteiger partial charge in [0.2, 0.25) is 5.91 Å². The van der Waals surface area contributed by atoms with Crippen LogP contribution < -0.4 is 5.32 Å². The Labute approximate surface area is 115 Å². The number of rotatable bonds is 7. The largest absolute Gasteiger partial charge is 0.352 e. The molecule has 0 saturated carbocycles. The third kappa shape index (κ3) is 5.13. The predicted octanol–water partition coefficient (Wildman–Crippen LogP) is 3.39. The van der Waals surface area contributed by atoms with Crippen LogP contribution in [0.5, 0.6) is 0 Å². The fraction of sp³-hybridized carbons (Fsp3) is 0.500. The number of carbonyl (C=O) groups is 1. The first-order valence-electron chi connectivity index (χ1n) is 6.98. The second-order valence-electron chi connectivity index (χ2n) is 4.80. The van der Waals surface area contributed by atoms with Crippen molar-refractivity contribution in [3.05, 3.63) is 35.4 Å². The highest BCUT2D eigenvalue weighted by molar-refractivity contribution is 5.78. The van der Waals surface area contributed by atoms with Crippen molar-refractivity contribution < 1.29 is 4.79 Å². The maximum atomic E-state index is 12.1.